The van der Waals surface area contributed by atoms with Crippen LogP contribution in [-0.4, -0.2) is 0 Å². The van der Waals surface area contributed by atoms with E-state index in [4.69, 9.17) is 0 Å². The number of fused-ring (bicyclic) bond motifs is 2. The Labute approximate surface area is 240 Å². The van der Waals surface area contributed by atoms with Crippen molar-refractivity contribution in [3.63, 3.8) is 0 Å². The Morgan fingerprint density at radius 2 is 0.810 bits per heavy atom. The average Bonchev–Trinajstić information content (AvgIpc) is 3.53. The fraction of sp³-hybridized carbons (Fsp3) is 0. The first-order chi connectivity index (χ1) is 20.5. The second-order valence-corrected chi connectivity index (χ2v) is 9.00. The standard InChI is InChI=1S/C34H10N8/c35-11-19-3-1-5-21(7-19)31-29(17-41)25-9-28-26(10-27(25)33(31)23(13-37)14-38)30(18-42)32(34(28)24(15-39)16-40)22-6-2-4-20(8-22)12-36/h1-10H. The van der Waals surface area contributed by atoms with Crippen LogP contribution >= 0.6 is 0 Å². The lowest BCUT2D eigenvalue weighted by atomic mass is 9.90. The van der Waals surface area contributed by atoms with E-state index in [0.29, 0.717) is 44.5 Å². The van der Waals surface area contributed by atoms with E-state index in [2.05, 4.69) is 12.1 Å². The Bertz CT molecular complexity index is 2070. The molecule has 0 saturated heterocycles. The largest absolute Gasteiger partial charge is 0.192 e. The predicted molar refractivity (Wildman–Crippen MR) is 150 cm³/mol. The van der Waals surface area contributed by atoms with Crippen molar-refractivity contribution < 1.29 is 0 Å². The fourth-order valence-corrected chi connectivity index (χ4v) is 5.31. The van der Waals surface area contributed by atoms with Gasteiger partial charge in [-0.25, -0.2) is 0 Å². The molecule has 0 spiro atoms. The molecule has 2 aliphatic rings. The van der Waals surface area contributed by atoms with Crippen molar-refractivity contribution in [3.8, 4) is 48.6 Å². The highest BCUT2D eigenvalue weighted by Crippen LogP contribution is 2.54. The molecule has 0 aromatic heterocycles. The summed E-state index contributed by atoms with van der Waals surface area (Å²) in [4.78, 5) is 0. The Morgan fingerprint density at radius 1 is 0.429 bits per heavy atom. The maximum Gasteiger partial charge on any atom is 0.138 e. The summed E-state index contributed by atoms with van der Waals surface area (Å²) in [6.45, 7) is 0. The number of allylic oxidation sites excluding steroid dienone is 8. The minimum atomic E-state index is -0.272. The molecule has 0 aliphatic heterocycles. The maximum absolute atomic E-state index is 10.3. The van der Waals surface area contributed by atoms with Crippen LogP contribution in [0.5, 0.6) is 0 Å². The zero-order chi connectivity index (χ0) is 30.0. The molecule has 0 N–H and O–H groups in total. The van der Waals surface area contributed by atoms with Crippen LogP contribution in [0.2, 0.25) is 0 Å². The molecule has 0 bridgehead atoms. The number of nitriles is 8. The quantitative estimate of drug-likeness (QED) is 0.364. The Balaban J connectivity index is 1.94. The molecule has 2 aliphatic carbocycles. The van der Waals surface area contributed by atoms with Crippen molar-refractivity contribution in [2.24, 2.45) is 0 Å². The van der Waals surface area contributed by atoms with Crippen molar-refractivity contribution in [2.45, 2.75) is 0 Å². The van der Waals surface area contributed by atoms with Crippen molar-refractivity contribution in [1.82, 2.24) is 0 Å². The van der Waals surface area contributed by atoms with Crippen LogP contribution in [0.1, 0.15) is 44.5 Å². The van der Waals surface area contributed by atoms with Gasteiger partial charge in [0, 0.05) is 33.4 Å². The molecule has 5 rings (SSSR count). The Hall–Kier alpha value is -7.46. The van der Waals surface area contributed by atoms with Crippen molar-refractivity contribution in [2.75, 3.05) is 0 Å². The molecule has 8 heteroatoms. The molecule has 3 aromatic carbocycles. The summed E-state index contributed by atoms with van der Waals surface area (Å²) < 4.78 is 0. The van der Waals surface area contributed by atoms with Gasteiger partial charge in [-0.15, -0.1) is 0 Å². The van der Waals surface area contributed by atoms with Crippen LogP contribution in [0.25, 0.3) is 33.4 Å². The van der Waals surface area contributed by atoms with E-state index in [1.807, 2.05) is 36.4 Å². The lowest BCUT2D eigenvalue weighted by Crippen LogP contribution is -1.95. The van der Waals surface area contributed by atoms with Gasteiger partial charge in [-0.3, -0.25) is 0 Å². The first kappa shape index (κ1) is 26.2. The summed E-state index contributed by atoms with van der Waals surface area (Å²) in [5.74, 6) is 0. The minimum absolute atomic E-state index is 0.120. The van der Waals surface area contributed by atoms with Crippen LogP contribution in [0.3, 0.4) is 0 Å². The van der Waals surface area contributed by atoms with Gasteiger partial charge in [0.05, 0.1) is 34.4 Å². The van der Waals surface area contributed by atoms with Crippen molar-refractivity contribution >= 4 is 33.4 Å². The third-order valence-electron chi connectivity index (χ3n) is 6.97. The van der Waals surface area contributed by atoms with E-state index in [0.717, 1.165) is 0 Å². The first-order valence-corrected chi connectivity index (χ1v) is 12.1. The number of benzene rings is 3. The number of rotatable bonds is 2. The average molecular weight is 531 g/mol. The van der Waals surface area contributed by atoms with Gasteiger partial charge >= 0.3 is 0 Å². The van der Waals surface area contributed by atoms with Gasteiger partial charge in [-0.1, -0.05) is 24.3 Å². The molecule has 8 nitrogen and oxygen atoms in total. The predicted octanol–water partition coefficient (Wildman–Crippen LogP) is 5.93. The highest BCUT2D eigenvalue weighted by atomic mass is 14.4. The van der Waals surface area contributed by atoms with E-state index in [9.17, 15) is 42.1 Å². The van der Waals surface area contributed by atoms with E-state index in [1.165, 1.54) is 0 Å². The van der Waals surface area contributed by atoms with Gasteiger partial charge < -0.3 is 0 Å². The van der Waals surface area contributed by atoms with Gasteiger partial charge in [-0.05, 0) is 58.7 Å². The van der Waals surface area contributed by atoms with Gasteiger partial charge in [-0.2, -0.15) is 42.1 Å². The van der Waals surface area contributed by atoms with Crippen molar-refractivity contribution in [1.29, 1.82) is 42.1 Å². The topological polar surface area (TPSA) is 190 Å². The molecule has 0 unspecified atom stereocenters. The first-order valence-electron chi connectivity index (χ1n) is 12.1. The molecule has 0 radical (unpaired) electrons. The molecule has 3 aromatic rings. The monoisotopic (exact) mass is 530 g/mol. The summed E-state index contributed by atoms with van der Waals surface area (Å²) >= 11 is 0. The molecule has 186 valence electrons. The molecular formula is C34H10N8. The summed E-state index contributed by atoms with van der Waals surface area (Å²) in [6.07, 6.45) is 0. The molecule has 0 heterocycles. The number of hydrogen-bond acceptors (Lipinski definition) is 8. The summed E-state index contributed by atoms with van der Waals surface area (Å²) in [5.41, 5.74) is 3.46. The zero-order valence-electron chi connectivity index (χ0n) is 21.4. The van der Waals surface area contributed by atoms with E-state index in [-0.39, 0.29) is 44.6 Å². The molecular weight excluding hydrogens is 520 g/mol. The Morgan fingerprint density at radius 3 is 1.12 bits per heavy atom. The van der Waals surface area contributed by atoms with Gasteiger partial charge in [0.1, 0.15) is 47.6 Å². The van der Waals surface area contributed by atoms with Gasteiger partial charge in [0.25, 0.3) is 0 Å². The van der Waals surface area contributed by atoms with Gasteiger partial charge in [0.2, 0.25) is 0 Å². The smallest absolute Gasteiger partial charge is 0.138 e. The summed E-state index contributed by atoms with van der Waals surface area (Å²) in [6, 6.07) is 32.0. The van der Waals surface area contributed by atoms with E-state index < -0.39 is 0 Å². The highest BCUT2D eigenvalue weighted by Gasteiger charge is 2.37. The third-order valence-corrected chi connectivity index (χ3v) is 6.97. The van der Waals surface area contributed by atoms with Crippen LogP contribution in [0.15, 0.2) is 71.8 Å². The summed E-state index contributed by atoms with van der Waals surface area (Å²) in [7, 11) is 0. The normalized spacial score (nSPS) is 12.3. The lowest BCUT2D eigenvalue weighted by molar-refractivity contribution is 1.44. The van der Waals surface area contributed by atoms with E-state index >= 15 is 0 Å². The van der Waals surface area contributed by atoms with Crippen LogP contribution < -0.4 is 0 Å². The summed E-state index contributed by atoms with van der Waals surface area (Å²) in [5, 5.41) is 79.2. The highest BCUT2D eigenvalue weighted by molar-refractivity contribution is 6.29. The number of nitrogens with zero attached hydrogens (tertiary/aromatic N) is 8. The van der Waals surface area contributed by atoms with Crippen LogP contribution in [0.4, 0.5) is 0 Å². The minimum Gasteiger partial charge on any atom is -0.192 e. The van der Waals surface area contributed by atoms with Crippen LogP contribution in [0, 0.1) is 90.6 Å². The molecule has 42 heavy (non-hydrogen) atoms. The molecule has 0 atom stereocenters. The molecule has 0 amide bonds. The lowest BCUT2D eigenvalue weighted by Gasteiger charge is -2.11. The zero-order valence-corrected chi connectivity index (χ0v) is 21.4. The molecule has 0 saturated carbocycles. The second-order valence-electron chi connectivity index (χ2n) is 9.00. The third kappa shape index (κ3) is 3.78. The van der Waals surface area contributed by atoms with Crippen molar-refractivity contribution in [3.05, 3.63) is 116 Å². The van der Waals surface area contributed by atoms with Crippen LogP contribution in [-0.2, 0) is 0 Å². The van der Waals surface area contributed by atoms with Gasteiger partial charge in [0.15, 0.2) is 0 Å². The maximum atomic E-state index is 10.3. The fourth-order valence-electron chi connectivity index (χ4n) is 5.31. The van der Waals surface area contributed by atoms with E-state index in [1.54, 1.807) is 60.7 Å². The number of hydrogen-bond donors (Lipinski definition) is 0. The Kier molecular flexibility index (Phi) is 6.45. The second kappa shape index (κ2) is 10.4. The molecule has 0 fully saturated rings. The SMILES string of the molecule is N#CC(C#N)=C1C(c2cccc(C#N)c2)=C(C#N)c2cc3c(cc21)C(C#N)=C(c1cccc(C#N)c1)C3=C(C#N)C#N.